The van der Waals surface area contributed by atoms with E-state index in [-0.39, 0.29) is 11.4 Å². The van der Waals surface area contributed by atoms with Crippen LogP contribution in [0, 0.1) is 5.92 Å². The number of carbonyl (C=O) groups is 1. The molecule has 88 valence electrons. The van der Waals surface area contributed by atoms with Gasteiger partial charge in [-0.2, -0.15) is 0 Å². The Morgan fingerprint density at radius 3 is 2.67 bits per heavy atom. The molecule has 15 heavy (non-hydrogen) atoms. The molecule has 0 bridgehead atoms. The minimum atomic E-state index is 0.0249. The zero-order valence-electron chi connectivity index (χ0n) is 10.5. The Hall–Kier alpha value is -0.570. The minimum absolute atomic E-state index is 0.0249. The van der Waals surface area contributed by atoms with E-state index in [2.05, 4.69) is 33.0 Å². The second-order valence-corrected chi connectivity index (χ2v) is 5.69. The summed E-state index contributed by atoms with van der Waals surface area (Å²) in [6.07, 6.45) is 2.42. The monoisotopic (exact) mass is 212 g/mol. The Kier molecular flexibility index (Phi) is 4.14. The maximum Gasteiger partial charge on any atom is 0.236 e. The van der Waals surface area contributed by atoms with E-state index in [1.165, 1.54) is 6.42 Å². The maximum atomic E-state index is 11.9. The standard InChI is InChI=1S/C12H24N2O/c1-10-6-5-7-14(9-10)11(15)8-13-12(2,3)4/h10,13H,5-9H2,1-4H3. The average molecular weight is 212 g/mol. The molecule has 1 aliphatic heterocycles. The number of nitrogens with zero attached hydrogens (tertiary/aromatic N) is 1. The lowest BCUT2D eigenvalue weighted by Crippen LogP contribution is -2.47. The van der Waals surface area contributed by atoms with Crippen LogP contribution in [0.2, 0.25) is 0 Å². The fourth-order valence-electron chi connectivity index (χ4n) is 1.87. The van der Waals surface area contributed by atoms with E-state index in [1.54, 1.807) is 0 Å². The van der Waals surface area contributed by atoms with E-state index in [0.29, 0.717) is 12.5 Å². The number of amides is 1. The van der Waals surface area contributed by atoms with Crippen LogP contribution in [0.4, 0.5) is 0 Å². The average Bonchev–Trinajstić information content (AvgIpc) is 2.13. The largest absolute Gasteiger partial charge is 0.341 e. The predicted octanol–water partition coefficient (Wildman–Crippen LogP) is 1.63. The van der Waals surface area contributed by atoms with Crippen molar-refractivity contribution in [3.05, 3.63) is 0 Å². The van der Waals surface area contributed by atoms with E-state index >= 15 is 0 Å². The molecular weight excluding hydrogens is 188 g/mol. The molecule has 1 aliphatic rings. The van der Waals surface area contributed by atoms with Gasteiger partial charge in [0.1, 0.15) is 0 Å². The first-order valence-electron chi connectivity index (χ1n) is 5.91. The van der Waals surface area contributed by atoms with E-state index in [9.17, 15) is 4.79 Å². The molecule has 1 heterocycles. The smallest absolute Gasteiger partial charge is 0.236 e. The van der Waals surface area contributed by atoms with Crippen molar-refractivity contribution in [2.24, 2.45) is 5.92 Å². The Bertz CT molecular complexity index is 220. The summed E-state index contributed by atoms with van der Waals surface area (Å²) in [6, 6.07) is 0. The van der Waals surface area contributed by atoms with Crippen LogP contribution in [0.15, 0.2) is 0 Å². The first-order valence-corrected chi connectivity index (χ1v) is 5.91. The SMILES string of the molecule is CC1CCCN(C(=O)CNC(C)(C)C)C1. The van der Waals surface area contributed by atoms with Gasteiger partial charge in [0.15, 0.2) is 0 Å². The molecule has 0 aromatic carbocycles. The van der Waals surface area contributed by atoms with Crippen molar-refractivity contribution in [1.82, 2.24) is 10.2 Å². The quantitative estimate of drug-likeness (QED) is 0.754. The third kappa shape index (κ3) is 4.65. The van der Waals surface area contributed by atoms with Gasteiger partial charge in [-0.15, -0.1) is 0 Å². The lowest BCUT2D eigenvalue weighted by Gasteiger charge is -2.32. The van der Waals surface area contributed by atoms with Gasteiger partial charge in [0.05, 0.1) is 6.54 Å². The Morgan fingerprint density at radius 1 is 1.47 bits per heavy atom. The van der Waals surface area contributed by atoms with Crippen LogP contribution in [0.25, 0.3) is 0 Å². The normalized spacial score (nSPS) is 22.9. The number of hydrogen-bond donors (Lipinski definition) is 1. The van der Waals surface area contributed by atoms with E-state index in [1.807, 2.05) is 4.90 Å². The van der Waals surface area contributed by atoms with Crippen LogP contribution in [0.1, 0.15) is 40.5 Å². The molecule has 0 radical (unpaired) electrons. The van der Waals surface area contributed by atoms with Crippen molar-refractivity contribution in [1.29, 1.82) is 0 Å². The summed E-state index contributed by atoms with van der Waals surface area (Å²) in [7, 11) is 0. The summed E-state index contributed by atoms with van der Waals surface area (Å²) in [5.74, 6) is 0.911. The molecule has 1 fully saturated rings. The second kappa shape index (κ2) is 4.97. The predicted molar refractivity (Wildman–Crippen MR) is 62.7 cm³/mol. The molecule has 1 unspecified atom stereocenters. The van der Waals surface area contributed by atoms with Crippen molar-refractivity contribution < 1.29 is 4.79 Å². The molecule has 3 nitrogen and oxygen atoms in total. The van der Waals surface area contributed by atoms with E-state index < -0.39 is 0 Å². The van der Waals surface area contributed by atoms with Gasteiger partial charge >= 0.3 is 0 Å². The third-order valence-electron chi connectivity index (χ3n) is 2.78. The third-order valence-corrected chi connectivity index (χ3v) is 2.78. The van der Waals surface area contributed by atoms with Crippen molar-refractivity contribution in [3.63, 3.8) is 0 Å². The molecule has 1 N–H and O–H groups in total. The fraction of sp³-hybridized carbons (Fsp3) is 0.917. The van der Waals surface area contributed by atoms with E-state index in [4.69, 9.17) is 0 Å². The van der Waals surface area contributed by atoms with Crippen LogP contribution < -0.4 is 5.32 Å². The summed E-state index contributed by atoms with van der Waals surface area (Å²) in [6.45, 7) is 10.8. The highest BCUT2D eigenvalue weighted by molar-refractivity contribution is 5.78. The zero-order valence-corrected chi connectivity index (χ0v) is 10.5. The molecule has 1 rings (SSSR count). The summed E-state index contributed by atoms with van der Waals surface area (Å²) >= 11 is 0. The highest BCUT2D eigenvalue weighted by Gasteiger charge is 2.21. The second-order valence-electron chi connectivity index (χ2n) is 5.69. The van der Waals surface area contributed by atoms with Crippen LogP contribution in [-0.2, 0) is 4.79 Å². The number of hydrogen-bond acceptors (Lipinski definition) is 2. The molecule has 1 atom stereocenters. The van der Waals surface area contributed by atoms with Crippen molar-refractivity contribution in [2.75, 3.05) is 19.6 Å². The number of likely N-dealkylation sites (tertiary alicyclic amines) is 1. The van der Waals surface area contributed by atoms with Gasteiger partial charge < -0.3 is 10.2 Å². The minimum Gasteiger partial charge on any atom is -0.341 e. The van der Waals surface area contributed by atoms with Gasteiger partial charge in [-0.25, -0.2) is 0 Å². The van der Waals surface area contributed by atoms with Crippen LogP contribution >= 0.6 is 0 Å². The van der Waals surface area contributed by atoms with Crippen molar-refractivity contribution in [2.45, 2.75) is 46.1 Å². The van der Waals surface area contributed by atoms with Crippen molar-refractivity contribution >= 4 is 5.91 Å². The molecule has 1 saturated heterocycles. The molecular formula is C12H24N2O. The van der Waals surface area contributed by atoms with Crippen LogP contribution in [0.5, 0.6) is 0 Å². The fourth-order valence-corrected chi connectivity index (χ4v) is 1.87. The van der Waals surface area contributed by atoms with Gasteiger partial charge in [0, 0.05) is 18.6 Å². The van der Waals surface area contributed by atoms with E-state index in [0.717, 1.165) is 19.5 Å². The number of rotatable bonds is 2. The molecule has 0 spiro atoms. The van der Waals surface area contributed by atoms with Gasteiger partial charge in [0.25, 0.3) is 0 Å². The highest BCUT2D eigenvalue weighted by atomic mass is 16.2. The lowest BCUT2D eigenvalue weighted by atomic mass is 10.0. The molecule has 0 aromatic heterocycles. The first kappa shape index (κ1) is 12.5. The number of piperidine rings is 1. The zero-order chi connectivity index (χ0) is 11.5. The summed E-state index contributed by atoms with van der Waals surface area (Å²) in [5.41, 5.74) is 0.0249. The molecule has 1 amide bonds. The molecule has 0 saturated carbocycles. The van der Waals surface area contributed by atoms with Gasteiger partial charge in [-0.05, 0) is 39.5 Å². The van der Waals surface area contributed by atoms with Crippen molar-refractivity contribution in [3.8, 4) is 0 Å². The van der Waals surface area contributed by atoms with Crippen LogP contribution in [-0.4, -0.2) is 36.0 Å². The topological polar surface area (TPSA) is 32.3 Å². The van der Waals surface area contributed by atoms with Gasteiger partial charge in [0.2, 0.25) is 5.91 Å². The Balaban J connectivity index is 2.33. The number of carbonyl (C=O) groups excluding carboxylic acids is 1. The van der Waals surface area contributed by atoms with Gasteiger partial charge in [-0.1, -0.05) is 6.92 Å². The summed E-state index contributed by atoms with van der Waals surface area (Å²) in [4.78, 5) is 13.8. The number of nitrogens with one attached hydrogen (secondary N) is 1. The first-order chi connectivity index (χ1) is 6.88. The Morgan fingerprint density at radius 2 is 2.13 bits per heavy atom. The van der Waals surface area contributed by atoms with Gasteiger partial charge in [-0.3, -0.25) is 4.79 Å². The molecule has 3 heteroatoms. The highest BCUT2D eigenvalue weighted by Crippen LogP contribution is 2.15. The molecule has 0 aromatic rings. The maximum absolute atomic E-state index is 11.9. The summed E-state index contributed by atoms with van der Waals surface area (Å²) < 4.78 is 0. The lowest BCUT2D eigenvalue weighted by molar-refractivity contribution is -0.132. The Labute approximate surface area is 93.2 Å². The molecule has 0 aliphatic carbocycles. The van der Waals surface area contributed by atoms with Crippen LogP contribution in [0.3, 0.4) is 0 Å². The summed E-state index contributed by atoms with van der Waals surface area (Å²) in [5, 5.41) is 3.24.